The Morgan fingerprint density at radius 3 is 2.89 bits per heavy atom. The van der Waals surface area contributed by atoms with Crippen LogP contribution in [0.3, 0.4) is 0 Å². The van der Waals surface area contributed by atoms with Crippen LogP contribution in [0.25, 0.3) is 0 Å². The second-order valence-electron chi connectivity index (χ2n) is 4.94. The van der Waals surface area contributed by atoms with Crippen molar-refractivity contribution in [2.45, 2.75) is 37.9 Å². The van der Waals surface area contributed by atoms with Gasteiger partial charge in [-0.25, -0.2) is 4.79 Å². The first kappa shape index (κ1) is 11.5. The fraction of sp³-hybridized carbons (Fsp3) is 0.727. The number of nitrogens with two attached hydrogens (primary N) is 1. The van der Waals surface area contributed by atoms with Crippen LogP contribution in [0, 0.1) is 0 Å². The number of carbonyl (C=O) groups excluding carboxylic acids is 1. The number of primary amides is 1. The van der Waals surface area contributed by atoms with Gasteiger partial charge in [-0.3, -0.25) is 0 Å². The molecule has 2 atom stereocenters. The predicted octanol–water partition coefficient (Wildman–Crippen LogP) is 0.787. The van der Waals surface area contributed by atoms with Crippen LogP contribution < -0.4 is 5.73 Å². The van der Waals surface area contributed by atoms with Crippen LogP contribution in [0.5, 0.6) is 0 Å². The van der Waals surface area contributed by atoms with Crippen LogP contribution in [0.4, 0.5) is 4.79 Å². The maximum absolute atomic E-state index is 11.2. The number of carbonyl (C=O) groups is 1. The molecule has 3 rings (SSSR count). The van der Waals surface area contributed by atoms with Gasteiger partial charge in [0.05, 0.1) is 12.6 Å². The van der Waals surface area contributed by atoms with Crippen molar-refractivity contribution in [2.24, 2.45) is 5.73 Å². The van der Waals surface area contributed by atoms with Crippen LogP contribution in [0.15, 0.2) is 4.52 Å². The van der Waals surface area contributed by atoms with E-state index in [1.165, 1.54) is 0 Å². The molecule has 0 spiro atoms. The Morgan fingerprint density at radius 2 is 2.22 bits per heavy atom. The van der Waals surface area contributed by atoms with Crippen LogP contribution in [-0.2, 0) is 4.74 Å². The molecule has 1 aromatic heterocycles. The first-order valence-electron chi connectivity index (χ1n) is 6.17. The highest BCUT2D eigenvalue weighted by atomic mass is 16.5. The maximum atomic E-state index is 11.2. The van der Waals surface area contributed by atoms with Crippen molar-refractivity contribution in [2.75, 3.05) is 13.1 Å². The summed E-state index contributed by atoms with van der Waals surface area (Å²) in [6, 6.07) is -0.447. The number of urea groups is 1. The fourth-order valence-electron chi connectivity index (χ4n) is 2.15. The summed E-state index contributed by atoms with van der Waals surface area (Å²) in [5, 5.41) is 3.95. The Hall–Kier alpha value is -1.63. The summed E-state index contributed by atoms with van der Waals surface area (Å²) >= 11 is 0. The maximum Gasteiger partial charge on any atom is 0.314 e. The van der Waals surface area contributed by atoms with Gasteiger partial charge in [-0.05, 0) is 19.8 Å². The van der Waals surface area contributed by atoms with E-state index in [-0.39, 0.29) is 12.2 Å². The molecule has 98 valence electrons. The Morgan fingerprint density at radius 1 is 1.44 bits per heavy atom. The highest BCUT2D eigenvalue weighted by Crippen LogP contribution is 2.38. The Balaban J connectivity index is 1.74. The van der Waals surface area contributed by atoms with E-state index in [9.17, 15) is 4.79 Å². The lowest BCUT2D eigenvalue weighted by molar-refractivity contribution is -0.0773. The molecule has 0 radical (unpaired) electrons. The summed E-state index contributed by atoms with van der Waals surface area (Å²) in [6.07, 6.45) is 1.77. The summed E-state index contributed by atoms with van der Waals surface area (Å²) in [6.45, 7) is 2.75. The summed E-state index contributed by atoms with van der Waals surface area (Å²) in [7, 11) is 0. The number of amides is 2. The molecule has 1 saturated carbocycles. The molecule has 1 aliphatic heterocycles. The SMILES string of the molecule is C[C@@H]1CN(C(N)=O)C[C@H](c2nc(C3CC3)no2)O1. The summed E-state index contributed by atoms with van der Waals surface area (Å²) in [5.41, 5.74) is 5.30. The second-order valence-corrected chi connectivity index (χ2v) is 4.94. The van der Waals surface area contributed by atoms with Crippen molar-refractivity contribution >= 4 is 6.03 Å². The molecule has 7 nitrogen and oxygen atoms in total. The number of nitrogens with zero attached hydrogens (tertiary/aromatic N) is 3. The number of aromatic nitrogens is 2. The van der Waals surface area contributed by atoms with E-state index in [1.807, 2.05) is 6.92 Å². The van der Waals surface area contributed by atoms with Gasteiger partial charge in [0, 0.05) is 12.5 Å². The smallest absolute Gasteiger partial charge is 0.314 e. The van der Waals surface area contributed by atoms with Crippen LogP contribution in [-0.4, -0.2) is 40.3 Å². The van der Waals surface area contributed by atoms with E-state index in [0.29, 0.717) is 24.9 Å². The lowest BCUT2D eigenvalue weighted by Crippen LogP contribution is -2.48. The number of hydrogen-bond acceptors (Lipinski definition) is 5. The topological polar surface area (TPSA) is 94.5 Å². The van der Waals surface area contributed by atoms with Gasteiger partial charge in [-0.15, -0.1) is 0 Å². The third-order valence-corrected chi connectivity index (χ3v) is 3.25. The number of morpholine rings is 1. The zero-order valence-corrected chi connectivity index (χ0v) is 10.2. The first-order valence-corrected chi connectivity index (χ1v) is 6.17. The number of rotatable bonds is 2. The molecular weight excluding hydrogens is 236 g/mol. The van der Waals surface area contributed by atoms with E-state index in [1.54, 1.807) is 4.90 Å². The predicted molar refractivity (Wildman–Crippen MR) is 60.7 cm³/mol. The number of ether oxygens (including phenoxy) is 1. The van der Waals surface area contributed by atoms with Crippen LogP contribution >= 0.6 is 0 Å². The lowest BCUT2D eigenvalue weighted by Gasteiger charge is -2.34. The highest BCUT2D eigenvalue weighted by molar-refractivity contribution is 5.72. The normalized spacial score (nSPS) is 28.4. The average Bonchev–Trinajstić information content (AvgIpc) is 3.06. The molecule has 1 aliphatic carbocycles. The molecular formula is C11H16N4O3. The lowest BCUT2D eigenvalue weighted by atomic mass is 10.2. The van der Waals surface area contributed by atoms with E-state index in [2.05, 4.69) is 10.1 Å². The standard InChI is InChI=1S/C11H16N4O3/c1-6-4-15(11(12)16)5-8(17-6)10-13-9(14-18-10)7-2-3-7/h6-8H,2-5H2,1H3,(H2,12,16)/t6-,8-/m1/s1. The van der Waals surface area contributed by atoms with Crippen molar-refractivity contribution in [1.29, 1.82) is 0 Å². The molecule has 2 heterocycles. The van der Waals surface area contributed by atoms with Gasteiger partial charge in [0.25, 0.3) is 5.89 Å². The van der Waals surface area contributed by atoms with Gasteiger partial charge in [0.15, 0.2) is 11.9 Å². The number of hydrogen-bond donors (Lipinski definition) is 1. The monoisotopic (exact) mass is 252 g/mol. The molecule has 1 saturated heterocycles. The van der Waals surface area contributed by atoms with Crippen molar-refractivity contribution in [3.05, 3.63) is 11.7 Å². The molecule has 0 aromatic carbocycles. The van der Waals surface area contributed by atoms with E-state index in [0.717, 1.165) is 18.7 Å². The molecule has 0 unspecified atom stereocenters. The van der Waals surface area contributed by atoms with Gasteiger partial charge >= 0.3 is 6.03 Å². The minimum Gasteiger partial charge on any atom is -0.362 e. The molecule has 2 amide bonds. The Bertz CT molecular complexity index is 457. The summed E-state index contributed by atoms with van der Waals surface area (Å²) in [5.74, 6) is 1.63. The van der Waals surface area contributed by atoms with Crippen LogP contribution in [0.1, 0.15) is 43.5 Å². The van der Waals surface area contributed by atoms with Gasteiger partial charge in [-0.1, -0.05) is 5.16 Å². The first-order chi connectivity index (χ1) is 8.63. The zero-order chi connectivity index (χ0) is 12.7. The van der Waals surface area contributed by atoms with Gasteiger partial charge in [0.1, 0.15) is 0 Å². The Kier molecular flexibility index (Phi) is 2.70. The van der Waals surface area contributed by atoms with Crippen LogP contribution in [0.2, 0.25) is 0 Å². The quantitative estimate of drug-likeness (QED) is 0.839. The van der Waals surface area contributed by atoms with E-state index < -0.39 is 6.03 Å². The third kappa shape index (κ3) is 2.17. The van der Waals surface area contributed by atoms with Crippen molar-refractivity contribution in [3.63, 3.8) is 0 Å². The molecule has 2 aliphatic rings. The zero-order valence-electron chi connectivity index (χ0n) is 10.2. The van der Waals surface area contributed by atoms with E-state index in [4.69, 9.17) is 15.0 Å². The molecule has 18 heavy (non-hydrogen) atoms. The van der Waals surface area contributed by atoms with Crippen molar-refractivity contribution in [1.82, 2.24) is 15.0 Å². The largest absolute Gasteiger partial charge is 0.362 e. The minimum absolute atomic E-state index is 0.0903. The summed E-state index contributed by atoms with van der Waals surface area (Å²) in [4.78, 5) is 17.1. The molecule has 2 N–H and O–H groups in total. The molecule has 7 heteroatoms. The van der Waals surface area contributed by atoms with Gasteiger partial charge < -0.3 is 19.9 Å². The third-order valence-electron chi connectivity index (χ3n) is 3.25. The highest BCUT2D eigenvalue weighted by Gasteiger charge is 2.34. The van der Waals surface area contributed by atoms with Crippen molar-refractivity contribution in [3.8, 4) is 0 Å². The molecule has 2 fully saturated rings. The second kappa shape index (κ2) is 4.24. The molecule has 1 aromatic rings. The Labute approximate surface area is 104 Å². The van der Waals surface area contributed by atoms with Gasteiger partial charge in [-0.2, -0.15) is 4.98 Å². The van der Waals surface area contributed by atoms with E-state index >= 15 is 0 Å². The average molecular weight is 252 g/mol. The van der Waals surface area contributed by atoms with Crippen molar-refractivity contribution < 1.29 is 14.1 Å². The van der Waals surface area contributed by atoms with Gasteiger partial charge in [0.2, 0.25) is 0 Å². The summed E-state index contributed by atoms with van der Waals surface area (Å²) < 4.78 is 10.9. The minimum atomic E-state index is -0.447. The fourth-order valence-corrected chi connectivity index (χ4v) is 2.15. The molecule has 0 bridgehead atoms.